The molecule has 24 heavy (non-hydrogen) atoms. The average Bonchev–Trinajstić information content (AvgIpc) is 2.49. The van der Waals surface area contributed by atoms with Crippen LogP contribution in [0, 0.1) is 0 Å². The van der Waals surface area contributed by atoms with Crippen LogP contribution in [0.15, 0.2) is 36.5 Å². The van der Waals surface area contributed by atoms with Crippen LogP contribution in [0.3, 0.4) is 0 Å². The predicted molar refractivity (Wildman–Crippen MR) is 106 cm³/mol. The van der Waals surface area contributed by atoms with Crippen LogP contribution in [-0.2, 0) is 0 Å². The van der Waals surface area contributed by atoms with Crippen molar-refractivity contribution in [2.75, 3.05) is 27.2 Å². The number of rotatable bonds is 7. The van der Waals surface area contributed by atoms with E-state index in [9.17, 15) is 0 Å². The third kappa shape index (κ3) is 7.10. The highest BCUT2D eigenvalue weighted by molar-refractivity contribution is 6.34. The Morgan fingerprint density at radius 1 is 1.12 bits per heavy atom. The van der Waals surface area contributed by atoms with Gasteiger partial charge < -0.3 is 9.64 Å². The molecule has 0 saturated carbocycles. The summed E-state index contributed by atoms with van der Waals surface area (Å²) in [4.78, 5) is 6.50. The predicted octanol–water partition coefficient (Wildman–Crippen LogP) is 5.31. The van der Waals surface area contributed by atoms with Crippen LogP contribution >= 0.6 is 35.6 Å². The van der Waals surface area contributed by atoms with Crippen molar-refractivity contribution < 1.29 is 4.74 Å². The van der Waals surface area contributed by atoms with Crippen molar-refractivity contribution in [2.24, 2.45) is 0 Å². The third-order valence-corrected chi connectivity index (χ3v) is 3.56. The molecule has 0 aliphatic carbocycles. The summed E-state index contributed by atoms with van der Waals surface area (Å²) in [7, 11) is 4.10. The maximum atomic E-state index is 6.01. The molecule has 1 aromatic heterocycles. The summed E-state index contributed by atoms with van der Waals surface area (Å²) < 4.78 is 5.83. The van der Waals surface area contributed by atoms with E-state index >= 15 is 0 Å². The second kappa shape index (κ2) is 10.6. The summed E-state index contributed by atoms with van der Waals surface area (Å²) >= 11 is 12.0. The molecule has 1 heterocycles. The molecular weight excluding hydrogens is 367 g/mol. The lowest BCUT2D eigenvalue weighted by molar-refractivity contribution is 0.280. The number of hydrogen-bond donors (Lipinski definition) is 0. The molecule has 2 aromatic rings. The van der Waals surface area contributed by atoms with Crippen molar-refractivity contribution in [3.05, 3.63) is 57.8 Å². The molecule has 0 amide bonds. The van der Waals surface area contributed by atoms with E-state index in [0.29, 0.717) is 16.7 Å². The second-order valence-electron chi connectivity index (χ2n) is 5.43. The Morgan fingerprint density at radius 2 is 1.83 bits per heavy atom. The lowest BCUT2D eigenvalue weighted by Gasteiger charge is -2.11. The standard InChI is InChI=1S/C18H20Cl2N2O.ClH/c1-22(2)9-4-10-23-18-5-3-8-21-17(18)7-6-14-11-15(19)13-16(20)12-14;/h3,5-8,11-13H,4,9-10H2,1-2H3;1H/b7-6+;. The number of pyridine rings is 1. The number of ether oxygens (including phenoxy) is 1. The van der Waals surface area contributed by atoms with Crippen molar-refractivity contribution in [3.63, 3.8) is 0 Å². The van der Waals surface area contributed by atoms with Crippen molar-refractivity contribution in [1.82, 2.24) is 9.88 Å². The highest BCUT2D eigenvalue weighted by Crippen LogP contribution is 2.22. The van der Waals surface area contributed by atoms with Crippen LogP contribution in [0.2, 0.25) is 10.0 Å². The first-order valence-corrected chi connectivity index (χ1v) is 8.17. The van der Waals surface area contributed by atoms with Gasteiger partial charge in [0.05, 0.1) is 6.61 Å². The van der Waals surface area contributed by atoms with Crippen molar-refractivity contribution in [1.29, 1.82) is 0 Å². The van der Waals surface area contributed by atoms with Crippen LogP contribution < -0.4 is 4.74 Å². The topological polar surface area (TPSA) is 25.4 Å². The molecule has 0 fully saturated rings. The molecule has 2 rings (SSSR count). The third-order valence-electron chi connectivity index (χ3n) is 3.13. The zero-order valence-electron chi connectivity index (χ0n) is 13.7. The Balaban J connectivity index is 0.00000288. The molecule has 0 saturated heterocycles. The molecule has 3 nitrogen and oxygen atoms in total. The van der Waals surface area contributed by atoms with Crippen LogP contribution in [-0.4, -0.2) is 37.1 Å². The quantitative estimate of drug-likeness (QED) is 0.602. The molecule has 0 radical (unpaired) electrons. The van der Waals surface area contributed by atoms with Gasteiger partial charge in [-0.05, 0) is 62.5 Å². The maximum Gasteiger partial charge on any atom is 0.144 e. The molecule has 130 valence electrons. The molecule has 0 unspecified atom stereocenters. The van der Waals surface area contributed by atoms with Gasteiger partial charge in [0.1, 0.15) is 11.4 Å². The number of hydrogen-bond acceptors (Lipinski definition) is 3. The summed E-state index contributed by atoms with van der Waals surface area (Å²) in [6, 6.07) is 9.21. The van der Waals surface area contributed by atoms with Gasteiger partial charge in [-0.1, -0.05) is 29.3 Å². The first-order chi connectivity index (χ1) is 11.0. The first kappa shape index (κ1) is 20.8. The molecule has 6 heteroatoms. The fraction of sp³-hybridized carbons (Fsp3) is 0.278. The van der Waals surface area contributed by atoms with Gasteiger partial charge in [0.2, 0.25) is 0 Å². The van der Waals surface area contributed by atoms with Gasteiger partial charge in [-0.3, -0.25) is 4.98 Å². The number of benzene rings is 1. The molecule has 0 spiro atoms. The van der Waals surface area contributed by atoms with Crippen molar-refractivity contribution in [2.45, 2.75) is 6.42 Å². The summed E-state index contributed by atoms with van der Waals surface area (Å²) in [5.74, 6) is 0.774. The van der Waals surface area contributed by atoms with E-state index in [1.54, 1.807) is 12.3 Å². The SMILES string of the molecule is CN(C)CCCOc1cccnc1/C=C/c1cc(Cl)cc(Cl)c1.Cl. The van der Waals surface area contributed by atoms with E-state index < -0.39 is 0 Å². The molecule has 0 atom stereocenters. The Morgan fingerprint density at radius 3 is 2.50 bits per heavy atom. The maximum absolute atomic E-state index is 6.01. The van der Waals surface area contributed by atoms with Crippen LogP contribution in [0.25, 0.3) is 12.2 Å². The fourth-order valence-electron chi connectivity index (χ4n) is 2.06. The zero-order valence-corrected chi connectivity index (χ0v) is 16.0. The van der Waals surface area contributed by atoms with E-state index in [1.807, 2.05) is 50.5 Å². The van der Waals surface area contributed by atoms with Gasteiger partial charge in [-0.15, -0.1) is 12.4 Å². The molecular formula is C18H21Cl3N2O. The minimum Gasteiger partial charge on any atom is -0.491 e. The van der Waals surface area contributed by atoms with E-state index in [-0.39, 0.29) is 12.4 Å². The molecule has 0 bridgehead atoms. The highest BCUT2D eigenvalue weighted by Gasteiger charge is 2.02. The van der Waals surface area contributed by atoms with Gasteiger partial charge in [0, 0.05) is 22.8 Å². The van der Waals surface area contributed by atoms with Crippen LogP contribution in [0.4, 0.5) is 0 Å². The number of nitrogens with zero attached hydrogens (tertiary/aromatic N) is 2. The smallest absolute Gasteiger partial charge is 0.144 e. The first-order valence-electron chi connectivity index (χ1n) is 7.41. The number of halogens is 3. The molecule has 0 aliphatic rings. The van der Waals surface area contributed by atoms with E-state index in [2.05, 4.69) is 9.88 Å². The highest BCUT2D eigenvalue weighted by atomic mass is 35.5. The van der Waals surface area contributed by atoms with Gasteiger partial charge in [-0.25, -0.2) is 0 Å². The number of aromatic nitrogens is 1. The molecule has 1 aromatic carbocycles. The largest absolute Gasteiger partial charge is 0.491 e. The Labute approximate surface area is 159 Å². The average molecular weight is 388 g/mol. The molecule has 0 aliphatic heterocycles. The van der Waals surface area contributed by atoms with Crippen LogP contribution in [0.5, 0.6) is 5.75 Å². The van der Waals surface area contributed by atoms with E-state index in [0.717, 1.165) is 30.0 Å². The zero-order chi connectivity index (χ0) is 16.7. The molecule has 0 N–H and O–H groups in total. The van der Waals surface area contributed by atoms with Crippen molar-refractivity contribution in [3.8, 4) is 5.75 Å². The van der Waals surface area contributed by atoms with Gasteiger partial charge in [-0.2, -0.15) is 0 Å². The van der Waals surface area contributed by atoms with E-state index in [1.165, 1.54) is 0 Å². The fourth-order valence-corrected chi connectivity index (χ4v) is 2.60. The van der Waals surface area contributed by atoms with Gasteiger partial charge in [0.25, 0.3) is 0 Å². The normalized spacial score (nSPS) is 10.9. The second-order valence-corrected chi connectivity index (χ2v) is 6.30. The summed E-state index contributed by atoms with van der Waals surface area (Å²) in [5, 5.41) is 1.22. The monoisotopic (exact) mass is 386 g/mol. The summed E-state index contributed by atoms with van der Waals surface area (Å²) in [6.45, 7) is 1.65. The Bertz CT molecular complexity index is 655. The van der Waals surface area contributed by atoms with Crippen molar-refractivity contribution >= 4 is 47.8 Å². The van der Waals surface area contributed by atoms with Gasteiger partial charge >= 0.3 is 0 Å². The minimum atomic E-state index is 0. The Hall–Kier alpha value is -1.26. The Kier molecular flexibility index (Phi) is 9.16. The lowest BCUT2D eigenvalue weighted by Crippen LogP contribution is -2.15. The summed E-state index contributed by atoms with van der Waals surface area (Å²) in [5.41, 5.74) is 1.71. The van der Waals surface area contributed by atoms with E-state index in [4.69, 9.17) is 27.9 Å². The minimum absolute atomic E-state index is 0. The van der Waals surface area contributed by atoms with Crippen LogP contribution in [0.1, 0.15) is 17.7 Å². The lowest BCUT2D eigenvalue weighted by atomic mass is 10.2. The summed E-state index contributed by atoms with van der Waals surface area (Å²) in [6.07, 6.45) is 6.54. The van der Waals surface area contributed by atoms with Gasteiger partial charge in [0.15, 0.2) is 0 Å².